The van der Waals surface area contributed by atoms with E-state index in [0.29, 0.717) is 25.9 Å². The minimum absolute atomic E-state index is 0.0309. The average Bonchev–Trinajstić information content (AvgIpc) is 2.37. The Morgan fingerprint density at radius 1 is 1.39 bits per heavy atom. The molecule has 0 aliphatic carbocycles. The van der Waals surface area contributed by atoms with E-state index in [-0.39, 0.29) is 12.0 Å². The zero-order valence-electron chi connectivity index (χ0n) is 10.7. The third-order valence-electron chi connectivity index (χ3n) is 3.24. The van der Waals surface area contributed by atoms with E-state index >= 15 is 0 Å². The summed E-state index contributed by atoms with van der Waals surface area (Å²) in [5.41, 5.74) is 2.23. The molecule has 1 aromatic rings. The molecule has 1 amide bonds. The molecule has 0 saturated carbocycles. The van der Waals surface area contributed by atoms with E-state index in [2.05, 4.69) is 0 Å². The molecule has 1 fully saturated rings. The van der Waals surface area contributed by atoms with Gasteiger partial charge in [-0.25, -0.2) is 0 Å². The summed E-state index contributed by atoms with van der Waals surface area (Å²) in [6, 6.07) is 8.04. The summed E-state index contributed by atoms with van der Waals surface area (Å²) >= 11 is 0. The number of aliphatic hydroxyl groups is 1. The standard InChI is InChI=1S/C15H19NO2/c1-12-3-2-4-13(11-12)5-6-15(18)16-9-7-14(17)8-10-16/h2-6,11,14,17H,7-10H2,1H3. The number of rotatable bonds is 2. The van der Waals surface area contributed by atoms with Crippen LogP contribution in [0.15, 0.2) is 30.3 Å². The Hall–Kier alpha value is -1.61. The number of carbonyl (C=O) groups is 1. The van der Waals surface area contributed by atoms with Crippen molar-refractivity contribution >= 4 is 12.0 Å². The fraction of sp³-hybridized carbons (Fsp3) is 0.400. The first-order valence-electron chi connectivity index (χ1n) is 6.37. The summed E-state index contributed by atoms with van der Waals surface area (Å²) in [5, 5.41) is 9.39. The number of likely N-dealkylation sites (tertiary alicyclic amines) is 1. The van der Waals surface area contributed by atoms with E-state index in [4.69, 9.17) is 0 Å². The number of nitrogens with zero attached hydrogens (tertiary/aromatic N) is 1. The van der Waals surface area contributed by atoms with Crippen molar-refractivity contribution in [3.05, 3.63) is 41.5 Å². The van der Waals surface area contributed by atoms with Crippen LogP contribution in [0, 0.1) is 6.92 Å². The maximum Gasteiger partial charge on any atom is 0.246 e. The number of piperidine rings is 1. The molecule has 3 nitrogen and oxygen atoms in total. The van der Waals surface area contributed by atoms with Crippen LogP contribution in [0.4, 0.5) is 0 Å². The van der Waals surface area contributed by atoms with E-state index in [1.165, 1.54) is 5.56 Å². The molecule has 0 spiro atoms. The van der Waals surface area contributed by atoms with Crippen molar-refractivity contribution in [2.24, 2.45) is 0 Å². The molecular formula is C15H19NO2. The fourth-order valence-electron chi connectivity index (χ4n) is 2.13. The molecule has 1 N–H and O–H groups in total. The molecule has 96 valence electrons. The van der Waals surface area contributed by atoms with Gasteiger partial charge in [-0.05, 0) is 31.4 Å². The number of carbonyl (C=O) groups excluding carboxylic acids is 1. The topological polar surface area (TPSA) is 40.5 Å². The highest BCUT2D eigenvalue weighted by Crippen LogP contribution is 2.11. The van der Waals surface area contributed by atoms with E-state index in [1.54, 1.807) is 11.0 Å². The first-order valence-corrected chi connectivity index (χ1v) is 6.37. The molecule has 18 heavy (non-hydrogen) atoms. The van der Waals surface area contributed by atoms with Crippen LogP contribution in [-0.2, 0) is 4.79 Å². The van der Waals surface area contributed by atoms with Crippen LogP contribution >= 0.6 is 0 Å². The first-order chi connectivity index (χ1) is 8.65. The molecule has 3 heteroatoms. The zero-order valence-corrected chi connectivity index (χ0v) is 10.7. The van der Waals surface area contributed by atoms with Gasteiger partial charge in [-0.2, -0.15) is 0 Å². The third kappa shape index (κ3) is 3.44. The number of hydrogen-bond acceptors (Lipinski definition) is 2. The summed E-state index contributed by atoms with van der Waals surface area (Å²) < 4.78 is 0. The summed E-state index contributed by atoms with van der Waals surface area (Å²) in [6.45, 7) is 3.33. The Morgan fingerprint density at radius 2 is 2.11 bits per heavy atom. The lowest BCUT2D eigenvalue weighted by Gasteiger charge is -2.28. The minimum atomic E-state index is -0.241. The highest BCUT2D eigenvalue weighted by atomic mass is 16.3. The van der Waals surface area contributed by atoms with Crippen LogP contribution in [0.25, 0.3) is 6.08 Å². The molecule has 0 atom stereocenters. The molecule has 1 heterocycles. The van der Waals surface area contributed by atoms with E-state index in [9.17, 15) is 9.90 Å². The van der Waals surface area contributed by atoms with Crippen LogP contribution in [0.2, 0.25) is 0 Å². The smallest absolute Gasteiger partial charge is 0.246 e. The quantitative estimate of drug-likeness (QED) is 0.809. The Kier molecular flexibility index (Phi) is 4.15. The van der Waals surface area contributed by atoms with Crippen LogP contribution in [0.3, 0.4) is 0 Å². The number of benzene rings is 1. The van der Waals surface area contributed by atoms with Gasteiger partial charge in [-0.3, -0.25) is 4.79 Å². The van der Waals surface area contributed by atoms with Gasteiger partial charge < -0.3 is 10.0 Å². The van der Waals surface area contributed by atoms with Crippen LogP contribution in [0.1, 0.15) is 24.0 Å². The second-order valence-corrected chi connectivity index (χ2v) is 4.80. The van der Waals surface area contributed by atoms with Crippen molar-refractivity contribution in [2.75, 3.05) is 13.1 Å². The molecule has 1 saturated heterocycles. The van der Waals surface area contributed by atoms with Crippen LogP contribution < -0.4 is 0 Å². The largest absolute Gasteiger partial charge is 0.393 e. The second kappa shape index (κ2) is 5.83. The van der Waals surface area contributed by atoms with Crippen molar-refractivity contribution < 1.29 is 9.90 Å². The van der Waals surface area contributed by atoms with Gasteiger partial charge in [0.05, 0.1) is 6.10 Å². The summed E-state index contributed by atoms with van der Waals surface area (Å²) in [5.74, 6) is 0.0309. The summed E-state index contributed by atoms with van der Waals surface area (Å²) in [7, 11) is 0. The third-order valence-corrected chi connectivity index (χ3v) is 3.24. The molecule has 0 aromatic heterocycles. The van der Waals surface area contributed by atoms with Crippen molar-refractivity contribution in [3.8, 4) is 0 Å². The number of aryl methyl sites for hydroxylation is 1. The minimum Gasteiger partial charge on any atom is -0.393 e. The zero-order chi connectivity index (χ0) is 13.0. The average molecular weight is 245 g/mol. The van der Waals surface area contributed by atoms with Crippen molar-refractivity contribution in [1.82, 2.24) is 4.90 Å². The van der Waals surface area contributed by atoms with Gasteiger partial charge in [-0.1, -0.05) is 29.8 Å². The van der Waals surface area contributed by atoms with E-state index in [0.717, 1.165) is 5.56 Å². The van der Waals surface area contributed by atoms with Crippen LogP contribution in [-0.4, -0.2) is 35.1 Å². The number of hydrogen-bond donors (Lipinski definition) is 1. The number of amides is 1. The van der Waals surface area contributed by atoms with Crippen LogP contribution in [0.5, 0.6) is 0 Å². The Bertz CT molecular complexity index is 446. The van der Waals surface area contributed by atoms with Gasteiger partial charge in [-0.15, -0.1) is 0 Å². The maximum atomic E-state index is 11.9. The monoisotopic (exact) mass is 245 g/mol. The lowest BCUT2D eigenvalue weighted by molar-refractivity contribution is -0.127. The molecular weight excluding hydrogens is 226 g/mol. The predicted octanol–water partition coefficient (Wildman–Crippen LogP) is 1.99. The van der Waals surface area contributed by atoms with Gasteiger partial charge in [0.1, 0.15) is 0 Å². The first kappa shape index (κ1) is 12.8. The molecule has 2 rings (SSSR count). The van der Waals surface area contributed by atoms with Crippen molar-refractivity contribution in [3.63, 3.8) is 0 Å². The Labute approximate surface area is 108 Å². The van der Waals surface area contributed by atoms with Gasteiger partial charge in [0.2, 0.25) is 5.91 Å². The number of aliphatic hydroxyl groups excluding tert-OH is 1. The summed E-state index contributed by atoms with van der Waals surface area (Å²) in [6.07, 6.45) is 4.59. The lowest BCUT2D eigenvalue weighted by Crippen LogP contribution is -2.39. The fourth-order valence-corrected chi connectivity index (χ4v) is 2.13. The molecule has 1 aromatic carbocycles. The molecule has 0 unspecified atom stereocenters. The Morgan fingerprint density at radius 3 is 2.78 bits per heavy atom. The van der Waals surface area contributed by atoms with Gasteiger partial charge in [0, 0.05) is 19.2 Å². The predicted molar refractivity (Wildman–Crippen MR) is 72.0 cm³/mol. The van der Waals surface area contributed by atoms with Crippen molar-refractivity contribution in [1.29, 1.82) is 0 Å². The highest BCUT2D eigenvalue weighted by Gasteiger charge is 2.19. The Balaban J connectivity index is 1.94. The normalized spacial score (nSPS) is 17.3. The molecule has 1 aliphatic heterocycles. The molecule has 1 aliphatic rings. The van der Waals surface area contributed by atoms with Gasteiger partial charge in [0.15, 0.2) is 0 Å². The van der Waals surface area contributed by atoms with Crippen molar-refractivity contribution in [2.45, 2.75) is 25.9 Å². The van der Waals surface area contributed by atoms with E-state index in [1.807, 2.05) is 37.3 Å². The second-order valence-electron chi connectivity index (χ2n) is 4.80. The van der Waals surface area contributed by atoms with E-state index < -0.39 is 0 Å². The van der Waals surface area contributed by atoms with Gasteiger partial charge >= 0.3 is 0 Å². The summed E-state index contributed by atoms with van der Waals surface area (Å²) in [4.78, 5) is 13.7. The maximum absolute atomic E-state index is 11.9. The molecule has 0 radical (unpaired) electrons. The lowest BCUT2D eigenvalue weighted by atomic mass is 10.1. The SMILES string of the molecule is Cc1cccc(C=CC(=O)N2CCC(O)CC2)c1. The highest BCUT2D eigenvalue weighted by molar-refractivity contribution is 5.91. The molecule has 0 bridgehead atoms. The van der Waals surface area contributed by atoms with Gasteiger partial charge in [0.25, 0.3) is 0 Å².